The van der Waals surface area contributed by atoms with Gasteiger partial charge >= 0.3 is 6.03 Å². The van der Waals surface area contributed by atoms with Crippen LogP contribution in [0.3, 0.4) is 0 Å². The van der Waals surface area contributed by atoms with E-state index in [2.05, 4.69) is 20.8 Å². The van der Waals surface area contributed by atoms with Crippen LogP contribution in [0.15, 0.2) is 30.3 Å². The average molecular weight is 258 g/mol. The number of urea groups is 1. The zero-order chi connectivity index (χ0) is 13.2. The molecule has 0 saturated heterocycles. The fraction of sp³-hybridized carbons (Fsp3) is 0.231. The van der Waals surface area contributed by atoms with Crippen molar-refractivity contribution < 1.29 is 9.90 Å². The van der Waals surface area contributed by atoms with Crippen LogP contribution in [0.25, 0.3) is 0 Å². The van der Waals surface area contributed by atoms with E-state index in [-0.39, 0.29) is 11.8 Å². The Bertz CT molecular complexity index is 604. The van der Waals surface area contributed by atoms with Crippen molar-refractivity contribution >= 4 is 17.5 Å². The second-order valence-electron chi connectivity index (χ2n) is 4.61. The first kappa shape index (κ1) is 11.6. The van der Waals surface area contributed by atoms with E-state index < -0.39 is 0 Å². The Morgan fingerprint density at radius 3 is 2.89 bits per heavy atom. The highest BCUT2D eigenvalue weighted by molar-refractivity contribution is 5.99. The van der Waals surface area contributed by atoms with Crippen molar-refractivity contribution in [3.8, 4) is 5.75 Å². The fourth-order valence-corrected chi connectivity index (χ4v) is 1.87. The van der Waals surface area contributed by atoms with E-state index in [1.165, 1.54) is 18.9 Å². The monoisotopic (exact) mass is 258 g/mol. The number of nitrogens with one attached hydrogen (secondary N) is 3. The summed E-state index contributed by atoms with van der Waals surface area (Å²) in [5, 5.41) is 21.5. The maximum Gasteiger partial charge on any atom is 0.324 e. The third-order valence-electron chi connectivity index (χ3n) is 2.96. The van der Waals surface area contributed by atoms with Gasteiger partial charge in [0.1, 0.15) is 5.75 Å². The van der Waals surface area contributed by atoms with E-state index in [1.54, 1.807) is 18.2 Å². The third kappa shape index (κ3) is 2.85. The Morgan fingerprint density at radius 2 is 2.16 bits per heavy atom. The number of hydrogen-bond acceptors (Lipinski definition) is 3. The standard InChI is InChI=1S/C13H14N4O2/c18-10-3-1-2-9(6-10)14-13(19)15-12-7-11(16-17-12)8-4-5-8/h1-3,6-8,18H,4-5H2,(H3,14,15,16,17,19). The molecule has 3 rings (SSSR count). The van der Waals surface area contributed by atoms with Crippen LogP contribution in [-0.2, 0) is 0 Å². The summed E-state index contributed by atoms with van der Waals surface area (Å²) in [5.74, 6) is 1.17. The van der Waals surface area contributed by atoms with Crippen LogP contribution in [-0.4, -0.2) is 21.3 Å². The summed E-state index contributed by atoms with van der Waals surface area (Å²) in [6.07, 6.45) is 2.36. The smallest absolute Gasteiger partial charge is 0.324 e. The van der Waals surface area contributed by atoms with Gasteiger partial charge in [0.2, 0.25) is 0 Å². The fourth-order valence-electron chi connectivity index (χ4n) is 1.87. The van der Waals surface area contributed by atoms with Gasteiger partial charge in [-0.25, -0.2) is 4.79 Å². The number of carbonyl (C=O) groups is 1. The summed E-state index contributed by atoms with van der Waals surface area (Å²) < 4.78 is 0. The molecule has 19 heavy (non-hydrogen) atoms. The number of rotatable bonds is 3. The number of H-pyrrole nitrogens is 1. The van der Waals surface area contributed by atoms with Crippen molar-refractivity contribution in [2.24, 2.45) is 0 Å². The van der Waals surface area contributed by atoms with E-state index in [0.717, 1.165) is 5.69 Å². The van der Waals surface area contributed by atoms with Gasteiger partial charge in [-0.3, -0.25) is 10.4 Å². The molecule has 1 aliphatic rings. The Labute approximate surface area is 109 Å². The van der Waals surface area contributed by atoms with E-state index in [0.29, 0.717) is 17.4 Å². The lowest BCUT2D eigenvalue weighted by atomic mass is 10.3. The van der Waals surface area contributed by atoms with E-state index in [1.807, 2.05) is 6.07 Å². The number of benzene rings is 1. The molecule has 2 amide bonds. The molecule has 98 valence electrons. The topological polar surface area (TPSA) is 90.0 Å². The molecule has 0 unspecified atom stereocenters. The van der Waals surface area contributed by atoms with Crippen molar-refractivity contribution in [3.63, 3.8) is 0 Å². The zero-order valence-corrected chi connectivity index (χ0v) is 10.2. The van der Waals surface area contributed by atoms with Crippen LogP contribution in [0.1, 0.15) is 24.5 Å². The number of aromatic nitrogens is 2. The average Bonchev–Trinajstić information content (AvgIpc) is 3.11. The van der Waals surface area contributed by atoms with Crippen molar-refractivity contribution in [2.45, 2.75) is 18.8 Å². The van der Waals surface area contributed by atoms with Gasteiger partial charge in [-0.1, -0.05) is 6.07 Å². The van der Waals surface area contributed by atoms with Gasteiger partial charge in [0.25, 0.3) is 0 Å². The molecule has 0 atom stereocenters. The SMILES string of the molecule is O=C(Nc1cccc(O)c1)Nc1cc(C2CC2)[nH]n1. The van der Waals surface area contributed by atoms with E-state index in [9.17, 15) is 9.90 Å². The summed E-state index contributed by atoms with van der Waals surface area (Å²) in [4.78, 5) is 11.7. The van der Waals surface area contributed by atoms with Crippen LogP contribution < -0.4 is 10.6 Å². The number of phenols is 1. The molecule has 0 aliphatic heterocycles. The first-order chi connectivity index (χ1) is 9.20. The number of aromatic hydroxyl groups is 1. The summed E-state index contributed by atoms with van der Waals surface area (Å²) in [5.41, 5.74) is 1.59. The Hall–Kier alpha value is -2.50. The number of anilines is 2. The molecule has 0 bridgehead atoms. The minimum atomic E-state index is -0.389. The number of hydrogen-bond donors (Lipinski definition) is 4. The molecule has 1 fully saturated rings. The minimum Gasteiger partial charge on any atom is -0.508 e. The summed E-state index contributed by atoms with van der Waals surface area (Å²) in [6, 6.07) is 7.82. The Balaban J connectivity index is 1.61. The summed E-state index contributed by atoms with van der Waals surface area (Å²) in [6.45, 7) is 0. The quantitative estimate of drug-likeness (QED) is 0.682. The van der Waals surface area contributed by atoms with Crippen LogP contribution in [0.4, 0.5) is 16.3 Å². The predicted molar refractivity (Wildman–Crippen MR) is 71.3 cm³/mol. The number of nitrogens with zero attached hydrogens (tertiary/aromatic N) is 1. The highest BCUT2D eigenvalue weighted by Gasteiger charge is 2.25. The molecule has 4 N–H and O–H groups in total. The largest absolute Gasteiger partial charge is 0.508 e. The van der Waals surface area contributed by atoms with Crippen LogP contribution >= 0.6 is 0 Å². The molecule has 1 aliphatic carbocycles. The molecule has 1 heterocycles. The third-order valence-corrected chi connectivity index (χ3v) is 2.96. The van der Waals surface area contributed by atoms with Crippen molar-refractivity contribution in [1.29, 1.82) is 0 Å². The number of carbonyl (C=O) groups excluding carboxylic acids is 1. The second-order valence-corrected chi connectivity index (χ2v) is 4.61. The van der Waals surface area contributed by atoms with Crippen LogP contribution in [0, 0.1) is 0 Å². The number of phenolic OH excluding ortho intramolecular Hbond substituents is 1. The van der Waals surface area contributed by atoms with Gasteiger partial charge in [-0.2, -0.15) is 5.10 Å². The van der Waals surface area contributed by atoms with Gasteiger partial charge in [-0.05, 0) is 25.0 Å². The molecule has 2 aromatic rings. The van der Waals surface area contributed by atoms with Crippen molar-refractivity contribution in [2.75, 3.05) is 10.6 Å². The molecule has 6 nitrogen and oxygen atoms in total. The summed E-state index contributed by atoms with van der Waals surface area (Å²) >= 11 is 0. The maximum absolute atomic E-state index is 11.7. The first-order valence-electron chi connectivity index (χ1n) is 6.13. The van der Waals surface area contributed by atoms with E-state index in [4.69, 9.17) is 0 Å². The maximum atomic E-state index is 11.7. The minimum absolute atomic E-state index is 0.105. The van der Waals surface area contributed by atoms with Crippen LogP contribution in [0.2, 0.25) is 0 Å². The lowest BCUT2D eigenvalue weighted by Gasteiger charge is -2.05. The highest BCUT2D eigenvalue weighted by atomic mass is 16.3. The molecule has 0 spiro atoms. The lowest BCUT2D eigenvalue weighted by Crippen LogP contribution is -2.19. The molecule has 1 aromatic heterocycles. The van der Waals surface area contributed by atoms with Gasteiger partial charge in [0, 0.05) is 29.4 Å². The zero-order valence-electron chi connectivity index (χ0n) is 10.2. The van der Waals surface area contributed by atoms with Gasteiger partial charge in [0.05, 0.1) is 0 Å². The molecular weight excluding hydrogens is 244 g/mol. The van der Waals surface area contributed by atoms with Crippen LogP contribution in [0.5, 0.6) is 5.75 Å². The Kier molecular flexibility index (Phi) is 2.83. The molecule has 6 heteroatoms. The summed E-state index contributed by atoms with van der Waals surface area (Å²) in [7, 11) is 0. The van der Waals surface area contributed by atoms with Gasteiger partial charge < -0.3 is 10.4 Å². The Morgan fingerprint density at radius 1 is 1.32 bits per heavy atom. The molecule has 1 saturated carbocycles. The number of amides is 2. The van der Waals surface area contributed by atoms with Crippen molar-refractivity contribution in [3.05, 3.63) is 36.0 Å². The van der Waals surface area contributed by atoms with Gasteiger partial charge in [-0.15, -0.1) is 0 Å². The van der Waals surface area contributed by atoms with E-state index >= 15 is 0 Å². The molecular formula is C13H14N4O2. The lowest BCUT2D eigenvalue weighted by molar-refractivity contribution is 0.262. The molecule has 0 radical (unpaired) electrons. The predicted octanol–water partition coefficient (Wildman–Crippen LogP) is 2.64. The second kappa shape index (κ2) is 4.64. The number of aromatic amines is 1. The van der Waals surface area contributed by atoms with Gasteiger partial charge in [0.15, 0.2) is 5.82 Å². The first-order valence-corrected chi connectivity index (χ1v) is 6.13. The van der Waals surface area contributed by atoms with Crippen molar-refractivity contribution in [1.82, 2.24) is 10.2 Å². The normalized spacial score (nSPS) is 14.1. The molecule has 1 aromatic carbocycles. The highest BCUT2D eigenvalue weighted by Crippen LogP contribution is 2.39.